The Morgan fingerprint density at radius 3 is 3.16 bits per heavy atom. The number of anilines is 1. The first-order valence-corrected chi connectivity index (χ1v) is 6.82. The number of fused-ring (bicyclic) bond motifs is 3. The highest BCUT2D eigenvalue weighted by Crippen LogP contribution is 2.35. The van der Waals surface area contributed by atoms with Crippen molar-refractivity contribution in [2.24, 2.45) is 0 Å². The van der Waals surface area contributed by atoms with E-state index in [-0.39, 0.29) is 17.1 Å². The van der Waals surface area contributed by atoms with Crippen LogP contribution in [-0.2, 0) is 4.74 Å². The Bertz CT molecular complexity index is 566. The van der Waals surface area contributed by atoms with Gasteiger partial charge in [-0.2, -0.15) is 0 Å². The summed E-state index contributed by atoms with van der Waals surface area (Å²) in [6.45, 7) is 2.07. The number of ether oxygens (including phenoxy) is 1. The van der Waals surface area contributed by atoms with Gasteiger partial charge in [0.05, 0.1) is 12.6 Å². The molecule has 1 aromatic heterocycles. The summed E-state index contributed by atoms with van der Waals surface area (Å²) < 4.78 is 6.83. The van der Waals surface area contributed by atoms with E-state index in [1.54, 1.807) is 6.92 Å². The number of nitrogens with zero attached hydrogens (tertiary/aromatic N) is 2. The fraction of sp³-hybridized carbons (Fsp3) is 0.615. The molecule has 2 N–H and O–H groups in total. The van der Waals surface area contributed by atoms with Gasteiger partial charge in [0.2, 0.25) is 5.95 Å². The highest BCUT2D eigenvalue weighted by molar-refractivity contribution is 5.88. The monoisotopic (exact) mass is 262 g/mol. The van der Waals surface area contributed by atoms with Crippen LogP contribution in [0.3, 0.4) is 0 Å². The second-order valence-electron chi connectivity index (χ2n) is 5.04. The molecule has 0 amide bonds. The summed E-state index contributed by atoms with van der Waals surface area (Å²) in [6.07, 6.45) is 5.95. The van der Waals surface area contributed by atoms with E-state index in [9.17, 15) is 4.79 Å². The van der Waals surface area contributed by atoms with Gasteiger partial charge in [-0.1, -0.05) is 12.8 Å². The maximum atomic E-state index is 11.8. The minimum absolute atomic E-state index is 0.213. The molecule has 0 saturated heterocycles. The zero-order valence-electron chi connectivity index (χ0n) is 11.0. The number of hydrogen-bond donors (Lipinski definition) is 2. The van der Waals surface area contributed by atoms with Crippen LogP contribution in [0.5, 0.6) is 0 Å². The lowest BCUT2D eigenvalue weighted by Crippen LogP contribution is -2.33. The van der Waals surface area contributed by atoms with Crippen LogP contribution in [0.4, 0.5) is 5.95 Å². The molecule has 1 aliphatic heterocycles. The van der Waals surface area contributed by atoms with Crippen molar-refractivity contribution in [1.82, 2.24) is 9.55 Å². The Morgan fingerprint density at radius 1 is 1.58 bits per heavy atom. The van der Waals surface area contributed by atoms with Crippen molar-refractivity contribution in [3.63, 3.8) is 0 Å². The Morgan fingerprint density at radius 2 is 2.37 bits per heavy atom. The third-order valence-electron chi connectivity index (χ3n) is 3.91. The molecule has 0 spiro atoms. The molecule has 1 fully saturated rings. The van der Waals surface area contributed by atoms with Crippen LogP contribution < -0.4 is 10.8 Å². The summed E-state index contributed by atoms with van der Waals surface area (Å²) in [7, 11) is 0. The molecule has 0 unspecified atom stereocenters. The summed E-state index contributed by atoms with van der Waals surface area (Å²) in [5.74, 6) is 0.240. The van der Waals surface area contributed by atoms with Gasteiger partial charge in [0.15, 0.2) is 0 Å². The first-order valence-electron chi connectivity index (χ1n) is 6.82. The van der Waals surface area contributed by atoms with E-state index in [1.165, 1.54) is 19.0 Å². The molecule has 102 valence electrons. The van der Waals surface area contributed by atoms with Gasteiger partial charge in [0.1, 0.15) is 11.1 Å². The SMILES string of the molecule is CCOC(=O)c1cnc2n(c1=N)[C@H]1CCCC[C@@H]1N2. The van der Waals surface area contributed by atoms with Crippen molar-refractivity contribution >= 4 is 11.9 Å². The Balaban J connectivity index is 2.02. The second kappa shape index (κ2) is 4.68. The van der Waals surface area contributed by atoms with Gasteiger partial charge in [-0.3, -0.25) is 9.98 Å². The Kier molecular flexibility index (Phi) is 3.00. The molecule has 1 aliphatic carbocycles. The molecule has 1 saturated carbocycles. The summed E-state index contributed by atoms with van der Waals surface area (Å²) in [5, 5.41) is 11.6. The maximum absolute atomic E-state index is 11.8. The van der Waals surface area contributed by atoms with E-state index in [2.05, 4.69) is 10.3 Å². The Hall–Kier alpha value is -1.85. The van der Waals surface area contributed by atoms with Crippen molar-refractivity contribution in [3.05, 3.63) is 17.2 Å². The zero-order chi connectivity index (χ0) is 13.4. The molecule has 0 bridgehead atoms. The fourth-order valence-corrected chi connectivity index (χ4v) is 3.03. The molecular weight excluding hydrogens is 244 g/mol. The second-order valence-corrected chi connectivity index (χ2v) is 5.04. The van der Waals surface area contributed by atoms with Crippen LogP contribution in [0.15, 0.2) is 6.20 Å². The normalized spacial score (nSPS) is 24.3. The lowest BCUT2D eigenvalue weighted by atomic mass is 9.91. The Labute approximate surface area is 111 Å². The van der Waals surface area contributed by atoms with Crippen LogP contribution in [-0.4, -0.2) is 28.2 Å². The number of aromatic nitrogens is 2. The molecule has 6 heteroatoms. The van der Waals surface area contributed by atoms with E-state index in [1.807, 2.05) is 4.57 Å². The molecule has 2 atom stereocenters. The quantitative estimate of drug-likeness (QED) is 0.790. The summed E-state index contributed by atoms with van der Waals surface area (Å²) in [6, 6.07) is 0.598. The van der Waals surface area contributed by atoms with Gasteiger partial charge in [0, 0.05) is 12.2 Å². The van der Waals surface area contributed by atoms with Gasteiger partial charge in [-0.25, -0.2) is 9.78 Å². The van der Waals surface area contributed by atoms with Gasteiger partial charge in [0.25, 0.3) is 0 Å². The van der Waals surface area contributed by atoms with E-state index >= 15 is 0 Å². The van der Waals surface area contributed by atoms with Crippen LogP contribution in [0.1, 0.15) is 49.0 Å². The van der Waals surface area contributed by atoms with Crippen LogP contribution in [0, 0.1) is 5.41 Å². The number of nitrogens with one attached hydrogen (secondary N) is 2. The molecular formula is C13H18N4O2. The summed E-state index contributed by atoms with van der Waals surface area (Å²) in [4.78, 5) is 16.1. The van der Waals surface area contributed by atoms with Crippen molar-refractivity contribution in [1.29, 1.82) is 5.41 Å². The molecule has 6 nitrogen and oxygen atoms in total. The highest BCUT2D eigenvalue weighted by atomic mass is 16.5. The average molecular weight is 262 g/mol. The number of hydrogen-bond acceptors (Lipinski definition) is 5. The molecule has 0 aromatic carbocycles. The van der Waals surface area contributed by atoms with Crippen LogP contribution >= 0.6 is 0 Å². The number of carbonyl (C=O) groups is 1. The largest absolute Gasteiger partial charge is 0.462 e. The van der Waals surface area contributed by atoms with E-state index in [4.69, 9.17) is 10.1 Å². The van der Waals surface area contributed by atoms with Crippen LogP contribution in [0.2, 0.25) is 0 Å². The van der Waals surface area contributed by atoms with Gasteiger partial charge < -0.3 is 10.1 Å². The van der Waals surface area contributed by atoms with E-state index in [0.717, 1.165) is 12.8 Å². The zero-order valence-corrected chi connectivity index (χ0v) is 11.0. The average Bonchev–Trinajstić information content (AvgIpc) is 2.78. The van der Waals surface area contributed by atoms with Gasteiger partial charge in [-0.05, 0) is 19.8 Å². The van der Waals surface area contributed by atoms with Gasteiger partial charge >= 0.3 is 5.97 Å². The van der Waals surface area contributed by atoms with Crippen molar-refractivity contribution < 1.29 is 9.53 Å². The van der Waals surface area contributed by atoms with Crippen molar-refractivity contribution in [3.8, 4) is 0 Å². The lowest BCUT2D eigenvalue weighted by Gasteiger charge is -2.25. The first-order chi connectivity index (χ1) is 9.22. The summed E-state index contributed by atoms with van der Waals surface area (Å²) in [5.41, 5.74) is 0.462. The summed E-state index contributed by atoms with van der Waals surface area (Å²) >= 11 is 0. The van der Waals surface area contributed by atoms with E-state index < -0.39 is 5.97 Å². The van der Waals surface area contributed by atoms with Crippen molar-refractivity contribution in [2.45, 2.75) is 44.7 Å². The smallest absolute Gasteiger partial charge is 0.343 e. The third-order valence-corrected chi connectivity index (χ3v) is 3.91. The predicted molar refractivity (Wildman–Crippen MR) is 69.0 cm³/mol. The first kappa shape index (κ1) is 12.2. The standard InChI is InChI=1S/C13H18N4O2/c1-2-19-12(18)8-7-15-13-16-9-5-3-4-6-10(9)17(13)11(8)14/h7,9-10,14H,2-6H2,1H3,(H,15,16)/t9-,10-/m0/s1. The lowest BCUT2D eigenvalue weighted by molar-refractivity contribution is 0.0522. The van der Waals surface area contributed by atoms with E-state index in [0.29, 0.717) is 18.6 Å². The minimum Gasteiger partial charge on any atom is -0.462 e. The predicted octanol–water partition coefficient (Wildman–Crippen LogP) is 1.45. The molecule has 19 heavy (non-hydrogen) atoms. The topological polar surface area (TPSA) is 80.0 Å². The highest BCUT2D eigenvalue weighted by Gasteiger charge is 2.35. The third kappa shape index (κ3) is 1.91. The molecule has 2 aliphatic rings. The number of rotatable bonds is 2. The maximum Gasteiger partial charge on any atom is 0.343 e. The fourth-order valence-electron chi connectivity index (χ4n) is 3.03. The van der Waals surface area contributed by atoms with Crippen molar-refractivity contribution in [2.75, 3.05) is 11.9 Å². The molecule has 1 aromatic rings. The molecule has 0 radical (unpaired) electrons. The number of esters is 1. The van der Waals surface area contributed by atoms with Gasteiger partial charge in [-0.15, -0.1) is 0 Å². The number of carbonyl (C=O) groups excluding carboxylic acids is 1. The molecule has 3 rings (SSSR count). The minimum atomic E-state index is -0.463. The molecule has 2 heterocycles. The van der Waals surface area contributed by atoms with Crippen LogP contribution in [0.25, 0.3) is 0 Å².